The van der Waals surface area contributed by atoms with E-state index < -0.39 is 0 Å². The molecular formula is C24H19BrFN3O2. The number of urea groups is 1. The van der Waals surface area contributed by atoms with Crippen LogP contribution in [0.25, 0.3) is 22.2 Å². The van der Waals surface area contributed by atoms with Crippen LogP contribution in [0.4, 0.5) is 20.6 Å². The van der Waals surface area contributed by atoms with Gasteiger partial charge in [0.15, 0.2) is 0 Å². The van der Waals surface area contributed by atoms with E-state index in [-0.39, 0.29) is 11.8 Å². The van der Waals surface area contributed by atoms with Gasteiger partial charge in [-0.2, -0.15) is 0 Å². The second kappa shape index (κ2) is 9.14. The van der Waals surface area contributed by atoms with Crippen LogP contribution in [-0.4, -0.2) is 17.6 Å². The van der Waals surface area contributed by atoms with Crippen molar-refractivity contribution in [2.24, 2.45) is 0 Å². The van der Waals surface area contributed by atoms with Gasteiger partial charge >= 0.3 is 6.03 Å². The maximum atomic E-state index is 13.3. The van der Waals surface area contributed by atoms with E-state index in [1.165, 1.54) is 12.1 Å². The first-order chi connectivity index (χ1) is 15.0. The number of pyridine rings is 1. The molecule has 0 atom stereocenters. The van der Waals surface area contributed by atoms with Crippen molar-refractivity contribution < 1.29 is 13.9 Å². The zero-order valence-corrected chi connectivity index (χ0v) is 18.2. The smallest absolute Gasteiger partial charge is 0.323 e. The first kappa shape index (κ1) is 20.8. The Labute approximate surface area is 187 Å². The number of halogens is 2. The molecule has 0 aliphatic carbocycles. The summed E-state index contributed by atoms with van der Waals surface area (Å²) in [5, 5.41) is 6.40. The third-order valence-electron chi connectivity index (χ3n) is 4.57. The number of rotatable bonds is 5. The van der Waals surface area contributed by atoms with Crippen LogP contribution in [0.3, 0.4) is 0 Å². The average molecular weight is 480 g/mol. The van der Waals surface area contributed by atoms with E-state index in [1.807, 2.05) is 37.3 Å². The van der Waals surface area contributed by atoms with Crippen molar-refractivity contribution in [2.45, 2.75) is 6.92 Å². The van der Waals surface area contributed by atoms with Crippen LogP contribution in [0.2, 0.25) is 0 Å². The van der Waals surface area contributed by atoms with Crippen LogP contribution in [-0.2, 0) is 0 Å². The molecule has 0 saturated carbocycles. The standard InChI is InChI=1S/C24H19BrFN3O2/c1-2-31-23-14-22(15-3-7-17(26)8-4-15)29-21-12-11-19(13-20(21)23)28-24(30)27-18-9-5-16(25)6-10-18/h3-14H,2H2,1H3,(H2,27,28,30). The Balaban J connectivity index is 1.62. The molecule has 5 nitrogen and oxygen atoms in total. The highest BCUT2D eigenvalue weighted by atomic mass is 79.9. The summed E-state index contributed by atoms with van der Waals surface area (Å²) in [7, 11) is 0. The fourth-order valence-corrected chi connectivity index (χ4v) is 3.41. The second-order valence-electron chi connectivity index (χ2n) is 6.76. The lowest BCUT2D eigenvalue weighted by Gasteiger charge is -2.13. The zero-order valence-electron chi connectivity index (χ0n) is 16.7. The molecule has 0 bridgehead atoms. The molecule has 3 aromatic carbocycles. The van der Waals surface area contributed by atoms with Crippen molar-refractivity contribution in [3.8, 4) is 17.0 Å². The number of hydrogen-bond donors (Lipinski definition) is 2. The number of benzene rings is 3. The number of amides is 2. The fraction of sp³-hybridized carbons (Fsp3) is 0.0833. The Kier molecular flexibility index (Phi) is 6.13. The van der Waals surface area contributed by atoms with E-state index >= 15 is 0 Å². The van der Waals surface area contributed by atoms with E-state index in [2.05, 4.69) is 31.5 Å². The Morgan fingerprint density at radius 3 is 2.35 bits per heavy atom. The van der Waals surface area contributed by atoms with E-state index in [4.69, 9.17) is 4.74 Å². The van der Waals surface area contributed by atoms with Crippen molar-refractivity contribution in [1.82, 2.24) is 4.98 Å². The van der Waals surface area contributed by atoms with Gasteiger partial charge in [-0.15, -0.1) is 0 Å². The summed E-state index contributed by atoms with van der Waals surface area (Å²) < 4.78 is 20.0. The largest absolute Gasteiger partial charge is 0.493 e. The van der Waals surface area contributed by atoms with Crippen molar-refractivity contribution in [1.29, 1.82) is 0 Å². The van der Waals surface area contributed by atoms with Gasteiger partial charge in [0.25, 0.3) is 0 Å². The lowest BCUT2D eigenvalue weighted by atomic mass is 10.1. The lowest BCUT2D eigenvalue weighted by Crippen LogP contribution is -2.19. The minimum absolute atomic E-state index is 0.299. The quantitative estimate of drug-likeness (QED) is 0.329. The predicted molar refractivity (Wildman–Crippen MR) is 125 cm³/mol. The molecular weight excluding hydrogens is 461 g/mol. The minimum Gasteiger partial charge on any atom is -0.493 e. The molecule has 2 amide bonds. The number of anilines is 2. The minimum atomic E-state index is -0.351. The molecule has 4 rings (SSSR count). The molecule has 0 fully saturated rings. The van der Waals surface area contributed by atoms with Crippen LogP contribution in [0.1, 0.15) is 6.92 Å². The van der Waals surface area contributed by atoms with Gasteiger partial charge in [0.2, 0.25) is 0 Å². The third kappa shape index (κ3) is 5.00. The van der Waals surface area contributed by atoms with Gasteiger partial charge in [0, 0.05) is 32.9 Å². The van der Waals surface area contributed by atoms with Gasteiger partial charge in [0.1, 0.15) is 11.6 Å². The van der Waals surface area contributed by atoms with Crippen LogP contribution < -0.4 is 15.4 Å². The molecule has 0 unspecified atom stereocenters. The summed E-state index contributed by atoms with van der Waals surface area (Å²) in [4.78, 5) is 17.0. The van der Waals surface area contributed by atoms with E-state index in [0.29, 0.717) is 34.9 Å². The number of nitrogens with one attached hydrogen (secondary N) is 2. The summed E-state index contributed by atoms with van der Waals surface area (Å²) in [5.41, 5.74) is 3.48. The molecule has 156 valence electrons. The number of ether oxygens (including phenoxy) is 1. The van der Waals surface area contributed by atoms with Crippen molar-refractivity contribution in [2.75, 3.05) is 17.2 Å². The molecule has 0 saturated heterocycles. The van der Waals surface area contributed by atoms with Gasteiger partial charge in [-0.3, -0.25) is 0 Å². The first-order valence-electron chi connectivity index (χ1n) is 9.69. The summed E-state index contributed by atoms with van der Waals surface area (Å²) in [6, 6.07) is 20.4. The van der Waals surface area contributed by atoms with E-state index in [0.717, 1.165) is 15.4 Å². The van der Waals surface area contributed by atoms with Crippen LogP contribution in [0.15, 0.2) is 77.3 Å². The normalized spacial score (nSPS) is 10.7. The molecule has 1 heterocycles. The van der Waals surface area contributed by atoms with Crippen LogP contribution >= 0.6 is 15.9 Å². The molecule has 31 heavy (non-hydrogen) atoms. The van der Waals surface area contributed by atoms with Crippen molar-refractivity contribution in [3.63, 3.8) is 0 Å². The molecule has 0 aliphatic heterocycles. The van der Waals surface area contributed by atoms with Crippen molar-refractivity contribution >= 4 is 44.2 Å². The SMILES string of the molecule is CCOc1cc(-c2ccc(F)cc2)nc2ccc(NC(=O)Nc3ccc(Br)cc3)cc12. The monoisotopic (exact) mass is 479 g/mol. The summed E-state index contributed by atoms with van der Waals surface area (Å²) in [5.74, 6) is 0.343. The number of carbonyl (C=O) groups excluding carboxylic acids is 1. The topological polar surface area (TPSA) is 63.2 Å². The van der Waals surface area contributed by atoms with Crippen LogP contribution in [0.5, 0.6) is 5.75 Å². The molecule has 2 N–H and O–H groups in total. The number of carbonyl (C=O) groups is 1. The number of nitrogens with zero attached hydrogens (tertiary/aromatic N) is 1. The Bertz CT molecular complexity index is 1230. The Morgan fingerprint density at radius 1 is 0.968 bits per heavy atom. The van der Waals surface area contributed by atoms with E-state index in [9.17, 15) is 9.18 Å². The zero-order chi connectivity index (χ0) is 21.8. The van der Waals surface area contributed by atoms with E-state index in [1.54, 1.807) is 30.3 Å². The Morgan fingerprint density at radius 2 is 1.65 bits per heavy atom. The maximum absolute atomic E-state index is 13.3. The first-order valence-corrected chi connectivity index (χ1v) is 10.5. The van der Waals surface area contributed by atoms with Gasteiger partial charge < -0.3 is 15.4 Å². The fourth-order valence-electron chi connectivity index (χ4n) is 3.14. The van der Waals surface area contributed by atoms with Gasteiger partial charge in [-0.1, -0.05) is 15.9 Å². The van der Waals surface area contributed by atoms with Gasteiger partial charge in [0.05, 0.1) is 17.8 Å². The number of fused-ring (bicyclic) bond motifs is 1. The maximum Gasteiger partial charge on any atom is 0.323 e. The number of hydrogen-bond acceptors (Lipinski definition) is 3. The predicted octanol–water partition coefficient (Wildman–Crippen LogP) is 6.85. The molecule has 0 radical (unpaired) electrons. The second-order valence-corrected chi connectivity index (χ2v) is 7.68. The molecule has 0 aliphatic rings. The lowest BCUT2D eigenvalue weighted by molar-refractivity contribution is 0.262. The number of aromatic nitrogens is 1. The highest BCUT2D eigenvalue weighted by molar-refractivity contribution is 9.10. The molecule has 4 aromatic rings. The Hall–Kier alpha value is -3.45. The van der Waals surface area contributed by atoms with Gasteiger partial charge in [-0.25, -0.2) is 14.2 Å². The molecule has 0 spiro atoms. The molecule has 7 heteroatoms. The van der Waals surface area contributed by atoms with Crippen molar-refractivity contribution in [3.05, 3.63) is 83.1 Å². The summed E-state index contributed by atoms with van der Waals surface area (Å²) >= 11 is 3.37. The third-order valence-corrected chi connectivity index (χ3v) is 5.10. The summed E-state index contributed by atoms with van der Waals surface area (Å²) in [6.45, 7) is 2.38. The van der Waals surface area contributed by atoms with Crippen LogP contribution in [0, 0.1) is 5.82 Å². The van der Waals surface area contributed by atoms with Gasteiger partial charge in [-0.05, 0) is 73.7 Å². The average Bonchev–Trinajstić information content (AvgIpc) is 2.76. The molecule has 1 aromatic heterocycles. The highest BCUT2D eigenvalue weighted by Gasteiger charge is 2.11. The highest BCUT2D eigenvalue weighted by Crippen LogP contribution is 2.32. The summed E-state index contributed by atoms with van der Waals surface area (Å²) in [6.07, 6.45) is 0.